The number of aromatic carboxylic acids is 1. The molecule has 0 aliphatic heterocycles. The van der Waals surface area contributed by atoms with Crippen LogP contribution in [0.15, 0.2) is 40.5 Å². The predicted octanol–water partition coefficient (Wildman–Crippen LogP) is 1.59. The molecule has 0 saturated carbocycles. The topological polar surface area (TPSA) is 99.8 Å². The van der Waals surface area contributed by atoms with Crippen LogP contribution in [0.2, 0.25) is 0 Å². The molecule has 2 aromatic heterocycles. The number of hydrogen-bond acceptors (Lipinski definition) is 6. The third kappa shape index (κ3) is 2.61. The SMILES string of the molecule is N#Cc1ccnnc1Sc1ccnc(C(=O)O)c1. The third-order valence-electron chi connectivity index (χ3n) is 1.97. The van der Waals surface area contributed by atoms with Gasteiger partial charge in [-0.25, -0.2) is 9.78 Å². The van der Waals surface area contributed by atoms with Crippen LogP contribution < -0.4 is 0 Å². The summed E-state index contributed by atoms with van der Waals surface area (Å²) in [5.41, 5.74) is 0.339. The van der Waals surface area contributed by atoms with Gasteiger partial charge in [-0.3, -0.25) is 0 Å². The van der Waals surface area contributed by atoms with Crippen LogP contribution in [0.3, 0.4) is 0 Å². The molecule has 88 valence electrons. The first-order valence-corrected chi connectivity index (χ1v) is 5.61. The van der Waals surface area contributed by atoms with Gasteiger partial charge in [0.15, 0.2) is 0 Å². The van der Waals surface area contributed by atoms with Gasteiger partial charge in [0.05, 0.1) is 11.8 Å². The Kier molecular flexibility index (Phi) is 3.50. The van der Waals surface area contributed by atoms with Crippen molar-refractivity contribution in [1.82, 2.24) is 15.2 Å². The molecule has 0 saturated heterocycles. The van der Waals surface area contributed by atoms with Gasteiger partial charge in [-0.05, 0) is 18.2 Å². The third-order valence-corrected chi connectivity index (χ3v) is 2.96. The molecular weight excluding hydrogens is 252 g/mol. The second kappa shape index (κ2) is 5.25. The molecular formula is C11H6N4O2S. The van der Waals surface area contributed by atoms with Crippen molar-refractivity contribution in [3.8, 4) is 6.07 Å². The quantitative estimate of drug-likeness (QED) is 0.892. The fourth-order valence-electron chi connectivity index (χ4n) is 1.18. The maximum Gasteiger partial charge on any atom is 0.354 e. The van der Waals surface area contributed by atoms with Crippen LogP contribution in [-0.4, -0.2) is 26.3 Å². The largest absolute Gasteiger partial charge is 0.477 e. The van der Waals surface area contributed by atoms with Crippen molar-refractivity contribution in [3.63, 3.8) is 0 Å². The van der Waals surface area contributed by atoms with Crippen LogP contribution in [0.1, 0.15) is 16.1 Å². The lowest BCUT2D eigenvalue weighted by Crippen LogP contribution is -1.99. The van der Waals surface area contributed by atoms with E-state index in [1.165, 1.54) is 30.2 Å². The molecule has 2 aromatic rings. The summed E-state index contributed by atoms with van der Waals surface area (Å²) in [4.78, 5) is 15.1. The van der Waals surface area contributed by atoms with Gasteiger partial charge in [0, 0.05) is 11.1 Å². The van der Waals surface area contributed by atoms with E-state index in [0.717, 1.165) is 0 Å². The summed E-state index contributed by atoms with van der Waals surface area (Å²) < 4.78 is 0. The summed E-state index contributed by atoms with van der Waals surface area (Å²) in [5, 5.41) is 25.7. The minimum Gasteiger partial charge on any atom is -0.477 e. The number of carbonyl (C=O) groups is 1. The van der Waals surface area contributed by atoms with Crippen molar-refractivity contribution in [2.45, 2.75) is 9.92 Å². The Morgan fingerprint density at radius 1 is 1.39 bits per heavy atom. The maximum atomic E-state index is 10.8. The number of nitriles is 1. The van der Waals surface area contributed by atoms with Gasteiger partial charge in [0.25, 0.3) is 0 Å². The van der Waals surface area contributed by atoms with E-state index < -0.39 is 5.97 Å². The fourth-order valence-corrected chi connectivity index (χ4v) is 2.02. The summed E-state index contributed by atoms with van der Waals surface area (Å²) in [6.45, 7) is 0. The zero-order valence-corrected chi connectivity index (χ0v) is 9.76. The van der Waals surface area contributed by atoms with Crippen molar-refractivity contribution in [2.24, 2.45) is 0 Å². The van der Waals surface area contributed by atoms with E-state index in [4.69, 9.17) is 10.4 Å². The number of pyridine rings is 1. The number of carboxylic acid groups (broad SMARTS) is 1. The standard InChI is InChI=1S/C11H6N4O2S/c12-6-7-1-4-14-15-10(7)18-8-2-3-13-9(5-8)11(16)17/h1-5H,(H,16,17). The Morgan fingerprint density at radius 2 is 2.22 bits per heavy atom. The average Bonchev–Trinajstić information content (AvgIpc) is 2.39. The Hall–Kier alpha value is -2.46. The molecule has 0 aromatic carbocycles. The van der Waals surface area contributed by atoms with E-state index in [-0.39, 0.29) is 5.69 Å². The highest BCUT2D eigenvalue weighted by molar-refractivity contribution is 7.99. The first-order valence-electron chi connectivity index (χ1n) is 4.79. The Bertz CT molecular complexity index is 639. The summed E-state index contributed by atoms with van der Waals surface area (Å²) in [5.74, 6) is -1.10. The summed E-state index contributed by atoms with van der Waals surface area (Å²) in [6, 6.07) is 6.61. The van der Waals surface area contributed by atoms with Crippen molar-refractivity contribution in [2.75, 3.05) is 0 Å². The van der Waals surface area contributed by atoms with Gasteiger partial charge in [-0.15, -0.1) is 5.10 Å². The molecule has 1 N–H and O–H groups in total. The van der Waals surface area contributed by atoms with E-state index >= 15 is 0 Å². The number of nitrogens with zero attached hydrogens (tertiary/aromatic N) is 4. The van der Waals surface area contributed by atoms with E-state index in [1.807, 2.05) is 6.07 Å². The Morgan fingerprint density at radius 3 is 2.94 bits per heavy atom. The second-order valence-electron chi connectivity index (χ2n) is 3.15. The van der Waals surface area contributed by atoms with Crippen LogP contribution in [0, 0.1) is 11.3 Å². The molecule has 18 heavy (non-hydrogen) atoms. The smallest absolute Gasteiger partial charge is 0.354 e. The minimum absolute atomic E-state index is 0.0533. The van der Waals surface area contributed by atoms with Crippen LogP contribution in [0.25, 0.3) is 0 Å². The number of rotatable bonds is 3. The zero-order chi connectivity index (χ0) is 13.0. The molecule has 0 atom stereocenters. The van der Waals surface area contributed by atoms with Gasteiger partial charge >= 0.3 is 5.97 Å². The first-order chi connectivity index (χ1) is 8.70. The lowest BCUT2D eigenvalue weighted by Gasteiger charge is -2.02. The lowest BCUT2D eigenvalue weighted by molar-refractivity contribution is 0.0690. The predicted molar refractivity (Wildman–Crippen MR) is 62.1 cm³/mol. The highest BCUT2D eigenvalue weighted by Crippen LogP contribution is 2.27. The average molecular weight is 258 g/mol. The van der Waals surface area contributed by atoms with E-state index in [1.54, 1.807) is 12.1 Å². The molecule has 7 heteroatoms. The van der Waals surface area contributed by atoms with Crippen molar-refractivity contribution >= 4 is 17.7 Å². The van der Waals surface area contributed by atoms with Gasteiger partial charge in [0.2, 0.25) is 0 Å². The van der Waals surface area contributed by atoms with Crippen LogP contribution >= 0.6 is 11.8 Å². The summed E-state index contributed by atoms with van der Waals surface area (Å²) in [6.07, 6.45) is 2.83. The Balaban J connectivity index is 2.32. The highest BCUT2D eigenvalue weighted by Gasteiger charge is 2.09. The van der Waals surface area contributed by atoms with Crippen LogP contribution in [0.4, 0.5) is 0 Å². The monoisotopic (exact) mass is 258 g/mol. The van der Waals surface area contributed by atoms with Crippen LogP contribution in [-0.2, 0) is 0 Å². The molecule has 2 heterocycles. The lowest BCUT2D eigenvalue weighted by atomic mass is 10.3. The minimum atomic E-state index is -1.10. The molecule has 0 unspecified atom stereocenters. The number of carboxylic acids is 1. The normalized spacial score (nSPS) is 9.72. The van der Waals surface area contributed by atoms with E-state index in [2.05, 4.69) is 15.2 Å². The van der Waals surface area contributed by atoms with Gasteiger partial charge in [0.1, 0.15) is 16.8 Å². The van der Waals surface area contributed by atoms with Gasteiger partial charge < -0.3 is 5.11 Å². The molecule has 0 fully saturated rings. The van der Waals surface area contributed by atoms with Gasteiger partial charge in [-0.2, -0.15) is 10.4 Å². The zero-order valence-electron chi connectivity index (χ0n) is 8.94. The molecule has 0 aliphatic rings. The van der Waals surface area contributed by atoms with E-state index in [9.17, 15) is 4.79 Å². The molecule has 0 amide bonds. The van der Waals surface area contributed by atoms with Crippen molar-refractivity contribution in [1.29, 1.82) is 5.26 Å². The molecule has 0 spiro atoms. The molecule has 0 radical (unpaired) electrons. The fraction of sp³-hybridized carbons (Fsp3) is 0. The molecule has 0 aliphatic carbocycles. The first kappa shape index (κ1) is 12.0. The van der Waals surface area contributed by atoms with Crippen molar-refractivity contribution in [3.05, 3.63) is 41.9 Å². The Labute approximate surface area is 106 Å². The second-order valence-corrected chi connectivity index (χ2v) is 4.21. The molecule has 6 nitrogen and oxygen atoms in total. The molecule has 0 bridgehead atoms. The van der Waals surface area contributed by atoms with Gasteiger partial charge in [-0.1, -0.05) is 11.8 Å². The number of hydrogen-bond donors (Lipinski definition) is 1. The summed E-state index contributed by atoms with van der Waals surface area (Å²) in [7, 11) is 0. The highest BCUT2D eigenvalue weighted by atomic mass is 32.2. The summed E-state index contributed by atoms with van der Waals surface area (Å²) >= 11 is 1.17. The maximum absolute atomic E-state index is 10.8. The molecule has 2 rings (SSSR count). The van der Waals surface area contributed by atoms with Crippen molar-refractivity contribution < 1.29 is 9.90 Å². The number of aromatic nitrogens is 3. The van der Waals surface area contributed by atoms with E-state index in [0.29, 0.717) is 15.5 Å². The van der Waals surface area contributed by atoms with Crippen LogP contribution in [0.5, 0.6) is 0 Å².